The molecule has 68 valence electrons. The predicted molar refractivity (Wildman–Crippen MR) is 47.6 cm³/mol. The largest absolute Gasteiger partial charge is 0.506 e. The van der Waals surface area contributed by atoms with Crippen molar-refractivity contribution in [2.45, 2.75) is 6.54 Å². The highest BCUT2D eigenvalue weighted by Crippen LogP contribution is 2.29. The Morgan fingerprint density at radius 1 is 1.62 bits per heavy atom. The number of aliphatic imine (C=N–C) groups is 1. The zero-order valence-electron chi connectivity index (χ0n) is 6.42. The van der Waals surface area contributed by atoms with Gasteiger partial charge in [-0.15, -0.1) is 0 Å². The van der Waals surface area contributed by atoms with Crippen LogP contribution in [0.2, 0.25) is 0 Å². The smallest absolute Gasteiger partial charge is 0.235 e. The van der Waals surface area contributed by atoms with Crippen molar-refractivity contribution < 1.29 is 14.3 Å². The van der Waals surface area contributed by atoms with Gasteiger partial charge in [0.05, 0.1) is 11.0 Å². The van der Waals surface area contributed by atoms with Gasteiger partial charge in [-0.25, -0.2) is 14.2 Å². The summed E-state index contributed by atoms with van der Waals surface area (Å²) in [5.74, 6) is -0.610. The molecule has 1 N–H and O–H groups in total. The average molecular weight is 246 g/mol. The molecule has 0 aromatic heterocycles. The first-order chi connectivity index (χ1) is 6.15. The molecule has 0 unspecified atom stereocenters. The minimum atomic E-state index is -0.499. The van der Waals surface area contributed by atoms with E-state index < -0.39 is 5.82 Å². The van der Waals surface area contributed by atoms with E-state index in [0.717, 1.165) is 12.1 Å². The lowest BCUT2D eigenvalue weighted by atomic mass is 10.2. The van der Waals surface area contributed by atoms with E-state index in [-0.39, 0.29) is 22.3 Å². The van der Waals surface area contributed by atoms with Crippen LogP contribution in [0.15, 0.2) is 21.6 Å². The van der Waals surface area contributed by atoms with Gasteiger partial charge in [-0.2, -0.15) is 0 Å². The molecule has 0 spiro atoms. The SMILES string of the molecule is O=C=NCc1cc(F)cc(Br)c1O. The first-order valence-electron chi connectivity index (χ1n) is 3.35. The minimum absolute atomic E-state index is 0.0777. The van der Waals surface area contributed by atoms with E-state index in [1.807, 2.05) is 0 Å². The summed E-state index contributed by atoms with van der Waals surface area (Å²) < 4.78 is 13.0. The molecular weight excluding hydrogens is 241 g/mol. The van der Waals surface area contributed by atoms with Gasteiger partial charge >= 0.3 is 0 Å². The van der Waals surface area contributed by atoms with Crippen molar-refractivity contribution >= 4 is 22.0 Å². The molecule has 3 nitrogen and oxygen atoms in total. The van der Waals surface area contributed by atoms with Gasteiger partial charge in [0.2, 0.25) is 6.08 Å². The molecule has 0 saturated carbocycles. The number of hydrogen-bond donors (Lipinski definition) is 1. The van der Waals surface area contributed by atoms with E-state index in [1.54, 1.807) is 0 Å². The van der Waals surface area contributed by atoms with Crippen molar-refractivity contribution in [1.82, 2.24) is 0 Å². The Morgan fingerprint density at radius 2 is 2.31 bits per heavy atom. The van der Waals surface area contributed by atoms with Gasteiger partial charge in [-0.05, 0) is 28.1 Å². The molecule has 0 fully saturated rings. The number of phenolic OH excluding ortho intramolecular Hbond substituents is 1. The van der Waals surface area contributed by atoms with Crippen LogP contribution in [0.4, 0.5) is 4.39 Å². The van der Waals surface area contributed by atoms with Gasteiger partial charge in [0.15, 0.2) is 0 Å². The first-order valence-corrected chi connectivity index (χ1v) is 4.15. The van der Waals surface area contributed by atoms with Crippen molar-refractivity contribution in [3.8, 4) is 5.75 Å². The van der Waals surface area contributed by atoms with Crippen LogP contribution >= 0.6 is 15.9 Å². The summed E-state index contributed by atoms with van der Waals surface area (Å²) in [6.07, 6.45) is 1.31. The quantitative estimate of drug-likeness (QED) is 0.641. The Kier molecular flexibility index (Phi) is 3.17. The summed E-state index contributed by atoms with van der Waals surface area (Å²) in [6, 6.07) is 2.24. The van der Waals surface area contributed by atoms with Crippen LogP contribution in [0.25, 0.3) is 0 Å². The highest BCUT2D eigenvalue weighted by atomic mass is 79.9. The summed E-state index contributed by atoms with van der Waals surface area (Å²) in [4.78, 5) is 13.0. The topological polar surface area (TPSA) is 49.7 Å². The fourth-order valence-electron chi connectivity index (χ4n) is 0.857. The normalized spacial score (nSPS) is 9.38. The molecule has 0 bridgehead atoms. The maximum Gasteiger partial charge on any atom is 0.235 e. The summed E-state index contributed by atoms with van der Waals surface area (Å²) in [6.45, 7) is -0.0777. The second-order valence-corrected chi connectivity index (χ2v) is 3.16. The van der Waals surface area contributed by atoms with E-state index >= 15 is 0 Å². The molecule has 5 heteroatoms. The van der Waals surface area contributed by atoms with Crippen LogP contribution in [0, 0.1) is 5.82 Å². The number of nitrogens with zero attached hydrogens (tertiary/aromatic N) is 1. The van der Waals surface area contributed by atoms with Gasteiger partial charge in [0.1, 0.15) is 11.6 Å². The lowest BCUT2D eigenvalue weighted by Crippen LogP contribution is -1.86. The van der Waals surface area contributed by atoms with E-state index in [4.69, 9.17) is 0 Å². The molecule has 1 rings (SSSR count). The molecule has 0 aliphatic rings. The number of aromatic hydroxyl groups is 1. The third-order valence-corrected chi connectivity index (χ3v) is 2.03. The van der Waals surface area contributed by atoms with E-state index in [1.165, 1.54) is 6.08 Å². The second kappa shape index (κ2) is 4.16. The molecule has 0 amide bonds. The Labute approximate surface area is 82.0 Å². The third-order valence-electron chi connectivity index (χ3n) is 1.42. The molecule has 0 heterocycles. The number of benzene rings is 1. The van der Waals surface area contributed by atoms with Crippen molar-refractivity contribution in [2.75, 3.05) is 0 Å². The fourth-order valence-corrected chi connectivity index (χ4v) is 1.33. The summed E-state index contributed by atoms with van der Waals surface area (Å²) in [5.41, 5.74) is 0.246. The Balaban J connectivity index is 3.12. The summed E-state index contributed by atoms with van der Waals surface area (Å²) >= 11 is 2.96. The van der Waals surface area contributed by atoms with Gasteiger partial charge in [-0.3, -0.25) is 0 Å². The molecular formula is C8H5BrFNO2. The van der Waals surface area contributed by atoms with Gasteiger partial charge in [0, 0.05) is 5.56 Å². The molecule has 1 aromatic rings. The number of carbonyl (C=O) groups excluding carboxylic acids is 1. The third kappa shape index (κ3) is 2.37. The minimum Gasteiger partial charge on any atom is -0.506 e. The maximum atomic E-state index is 12.8. The fraction of sp³-hybridized carbons (Fsp3) is 0.125. The Morgan fingerprint density at radius 3 is 2.92 bits per heavy atom. The lowest BCUT2D eigenvalue weighted by Gasteiger charge is -2.02. The Hall–Kier alpha value is -1.19. The average Bonchev–Trinajstić information content (AvgIpc) is 2.09. The monoisotopic (exact) mass is 245 g/mol. The number of rotatable bonds is 2. The predicted octanol–water partition coefficient (Wildman–Crippen LogP) is 2.13. The molecule has 0 saturated heterocycles. The van der Waals surface area contributed by atoms with E-state index in [2.05, 4.69) is 20.9 Å². The summed E-state index contributed by atoms with van der Waals surface area (Å²) in [5, 5.41) is 9.35. The zero-order valence-corrected chi connectivity index (χ0v) is 8.01. The number of hydrogen-bond acceptors (Lipinski definition) is 3. The molecule has 1 aromatic carbocycles. The molecule has 0 aliphatic carbocycles. The zero-order chi connectivity index (χ0) is 9.84. The second-order valence-electron chi connectivity index (χ2n) is 2.30. The van der Waals surface area contributed by atoms with Gasteiger partial charge in [0.25, 0.3) is 0 Å². The van der Waals surface area contributed by atoms with Crippen LogP contribution in [0.1, 0.15) is 5.56 Å². The van der Waals surface area contributed by atoms with Gasteiger partial charge < -0.3 is 5.11 Å². The lowest BCUT2D eigenvalue weighted by molar-refractivity contribution is 0.462. The van der Waals surface area contributed by atoms with Gasteiger partial charge in [-0.1, -0.05) is 0 Å². The van der Waals surface area contributed by atoms with Crippen LogP contribution < -0.4 is 0 Å². The molecule has 0 radical (unpaired) electrons. The molecule has 0 aliphatic heterocycles. The number of isocyanates is 1. The summed E-state index contributed by atoms with van der Waals surface area (Å²) in [7, 11) is 0. The number of halogens is 2. The standard InChI is InChI=1S/C8H5BrFNO2/c9-7-2-6(10)1-5(8(7)13)3-11-4-12/h1-2,13H,3H2. The first kappa shape index (κ1) is 9.89. The molecule has 0 atom stereocenters. The van der Waals surface area contributed by atoms with Crippen LogP contribution in [0.3, 0.4) is 0 Å². The van der Waals surface area contributed by atoms with Crippen LogP contribution in [-0.2, 0) is 11.3 Å². The van der Waals surface area contributed by atoms with E-state index in [9.17, 15) is 14.3 Å². The molecule has 13 heavy (non-hydrogen) atoms. The highest BCUT2D eigenvalue weighted by Gasteiger charge is 2.07. The number of phenols is 1. The maximum absolute atomic E-state index is 12.8. The van der Waals surface area contributed by atoms with E-state index in [0.29, 0.717) is 0 Å². The van der Waals surface area contributed by atoms with Crippen LogP contribution in [0.5, 0.6) is 5.75 Å². The highest BCUT2D eigenvalue weighted by molar-refractivity contribution is 9.10. The van der Waals surface area contributed by atoms with Crippen LogP contribution in [-0.4, -0.2) is 11.2 Å². The Bertz CT molecular complexity index is 375. The van der Waals surface area contributed by atoms with Crippen molar-refractivity contribution in [3.05, 3.63) is 28.0 Å². The van der Waals surface area contributed by atoms with Crippen molar-refractivity contribution in [1.29, 1.82) is 0 Å². The van der Waals surface area contributed by atoms with Crippen molar-refractivity contribution in [3.63, 3.8) is 0 Å². The van der Waals surface area contributed by atoms with Crippen molar-refractivity contribution in [2.24, 2.45) is 4.99 Å².